The Hall–Kier alpha value is -4.46. The van der Waals surface area contributed by atoms with Crippen LogP contribution >= 0.6 is 0 Å². The van der Waals surface area contributed by atoms with Gasteiger partial charge in [0.05, 0.1) is 50.7 Å². The van der Waals surface area contributed by atoms with Gasteiger partial charge in [-0.2, -0.15) is 0 Å². The summed E-state index contributed by atoms with van der Waals surface area (Å²) in [4.78, 5) is 51.8. The number of hydrogen-bond donors (Lipinski definition) is 0. The van der Waals surface area contributed by atoms with Crippen LogP contribution in [-0.4, -0.2) is 52.3 Å². The highest BCUT2D eigenvalue weighted by molar-refractivity contribution is 6.30. The second kappa shape index (κ2) is 8.82. The minimum atomic E-state index is -1.01. The van der Waals surface area contributed by atoms with E-state index in [0.717, 1.165) is 44.6 Å². The van der Waals surface area contributed by atoms with E-state index < -0.39 is 35.0 Å². The van der Waals surface area contributed by atoms with Crippen LogP contribution in [0.5, 0.6) is 0 Å². The van der Waals surface area contributed by atoms with Gasteiger partial charge in [-0.15, -0.1) is 0 Å². The molecule has 8 heteroatoms. The zero-order chi connectivity index (χ0) is 24.6. The summed E-state index contributed by atoms with van der Waals surface area (Å²) in [6, 6.07) is 14.7. The maximum absolute atomic E-state index is 13.1. The normalized spacial score (nSPS) is 10.8. The minimum absolute atomic E-state index is 0.210. The van der Waals surface area contributed by atoms with E-state index >= 15 is 0 Å². The second-order valence-corrected chi connectivity index (χ2v) is 7.34. The first kappa shape index (κ1) is 22.7. The molecule has 8 nitrogen and oxygen atoms in total. The molecule has 0 aromatic heterocycles. The van der Waals surface area contributed by atoms with E-state index in [2.05, 4.69) is 0 Å². The maximum atomic E-state index is 13.1. The van der Waals surface area contributed by atoms with Crippen molar-refractivity contribution in [2.24, 2.45) is 0 Å². The Bertz CT molecular complexity index is 1520. The molecule has 0 saturated carbocycles. The molecule has 0 fully saturated rings. The zero-order valence-electron chi connectivity index (χ0n) is 18.9. The highest BCUT2D eigenvalue weighted by Gasteiger charge is 2.36. The lowest BCUT2D eigenvalue weighted by Crippen LogP contribution is -2.23. The van der Waals surface area contributed by atoms with Gasteiger partial charge in [0.2, 0.25) is 0 Å². The molecular formula is C26H20O8. The van der Waals surface area contributed by atoms with Crippen LogP contribution in [0, 0.1) is 0 Å². The van der Waals surface area contributed by atoms with Crippen LogP contribution in [0.25, 0.3) is 32.3 Å². The van der Waals surface area contributed by atoms with Crippen LogP contribution in [0.2, 0.25) is 0 Å². The Kier molecular flexibility index (Phi) is 5.89. The fourth-order valence-electron chi connectivity index (χ4n) is 4.31. The molecule has 0 unspecified atom stereocenters. The van der Waals surface area contributed by atoms with Crippen molar-refractivity contribution >= 4 is 56.2 Å². The van der Waals surface area contributed by atoms with Gasteiger partial charge in [0.1, 0.15) is 0 Å². The van der Waals surface area contributed by atoms with Gasteiger partial charge in [-0.3, -0.25) is 0 Å². The van der Waals surface area contributed by atoms with Crippen LogP contribution < -0.4 is 0 Å². The topological polar surface area (TPSA) is 105 Å². The lowest BCUT2D eigenvalue weighted by Gasteiger charge is -2.19. The molecule has 0 aliphatic carbocycles. The largest absolute Gasteiger partial charge is 0.465 e. The summed E-state index contributed by atoms with van der Waals surface area (Å²) in [6.45, 7) is 0. The van der Waals surface area contributed by atoms with Gasteiger partial charge in [0.25, 0.3) is 0 Å². The molecule has 0 saturated heterocycles. The number of methoxy groups -OCH3 is 4. The quantitative estimate of drug-likeness (QED) is 0.252. The van der Waals surface area contributed by atoms with E-state index in [1.165, 1.54) is 0 Å². The van der Waals surface area contributed by atoms with Crippen LogP contribution in [0.3, 0.4) is 0 Å². The van der Waals surface area contributed by atoms with Crippen molar-refractivity contribution in [3.8, 4) is 0 Å². The van der Waals surface area contributed by atoms with Crippen molar-refractivity contribution in [3.05, 3.63) is 70.8 Å². The molecule has 0 atom stereocenters. The Labute approximate surface area is 193 Å². The number of ether oxygens (including phenoxy) is 4. The van der Waals surface area contributed by atoms with Crippen LogP contribution in [0.15, 0.2) is 48.5 Å². The Morgan fingerprint density at radius 1 is 0.471 bits per heavy atom. The molecule has 0 aliphatic rings. The summed E-state index contributed by atoms with van der Waals surface area (Å²) < 4.78 is 19.7. The van der Waals surface area contributed by atoms with Crippen molar-refractivity contribution in [2.75, 3.05) is 28.4 Å². The first-order valence-electron chi connectivity index (χ1n) is 10.2. The van der Waals surface area contributed by atoms with E-state index in [-0.39, 0.29) is 21.9 Å². The number of hydrogen-bond acceptors (Lipinski definition) is 8. The molecular weight excluding hydrogens is 440 g/mol. The molecule has 0 bridgehead atoms. The zero-order valence-corrected chi connectivity index (χ0v) is 18.9. The molecule has 4 rings (SSSR count). The number of benzene rings is 4. The summed E-state index contributed by atoms with van der Waals surface area (Å²) >= 11 is 0. The Morgan fingerprint density at radius 3 is 1.56 bits per heavy atom. The third-order valence-corrected chi connectivity index (χ3v) is 5.75. The molecule has 0 spiro atoms. The van der Waals surface area contributed by atoms with Gasteiger partial charge < -0.3 is 18.9 Å². The van der Waals surface area contributed by atoms with Gasteiger partial charge in [0.15, 0.2) is 0 Å². The summed E-state index contributed by atoms with van der Waals surface area (Å²) in [5.41, 5.74) is -1.30. The van der Waals surface area contributed by atoms with Crippen LogP contribution in [-0.2, 0) is 18.9 Å². The maximum Gasteiger partial charge on any atom is 0.339 e. The number of carbonyl (C=O) groups is 4. The standard InChI is InChI=1S/C26H20O8/c1-31-23(27)19-17-12-11-15-14-8-6-5-7-13(14)9-10-16(15)18(17)20(24(28)32-2)22(26(30)34-4)21(19)25(29)33-3/h5-12H,1-4H3. The summed E-state index contributed by atoms with van der Waals surface area (Å²) in [5, 5.41) is 3.68. The highest BCUT2D eigenvalue weighted by atomic mass is 16.5. The summed E-state index contributed by atoms with van der Waals surface area (Å²) in [5.74, 6) is -3.78. The SMILES string of the molecule is COC(=O)c1c(C(=O)OC)c(C(=O)OC)c2c(ccc3c4ccccc4ccc32)c1C(=O)OC. The second-order valence-electron chi connectivity index (χ2n) is 7.34. The molecule has 34 heavy (non-hydrogen) atoms. The number of fused-ring (bicyclic) bond motifs is 5. The number of esters is 4. The third-order valence-electron chi connectivity index (χ3n) is 5.75. The fourth-order valence-corrected chi connectivity index (χ4v) is 4.31. The van der Waals surface area contributed by atoms with Gasteiger partial charge in [-0.05, 0) is 26.9 Å². The van der Waals surface area contributed by atoms with Crippen molar-refractivity contribution in [3.63, 3.8) is 0 Å². The van der Waals surface area contributed by atoms with Crippen LogP contribution in [0.1, 0.15) is 41.4 Å². The fraction of sp³-hybridized carbons (Fsp3) is 0.154. The Morgan fingerprint density at radius 2 is 0.941 bits per heavy atom. The predicted octanol–water partition coefficient (Wildman–Crippen LogP) is 4.29. The average Bonchev–Trinajstić information content (AvgIpc) is 2.89. The first-order chi connectivity index (χ1) is 16.4. The summed E-state index contributed by atoms with van der Waals surface area (Å²) in [6.07, 6.45) is 0. The average molecular weight is 460 g/mol. The highest BCUT2D eigenvalue weighted by Crippen LogP contribution is 2.39. The first-order valence-corrected chi connectivity index (χ1v) is 10.2. The van der Waals surface area contributed by atoms with Gasteiger partial charge in [0, 0.05) is 5.39 Å². The number of carbonyl (C=O) groups excluding carboxylic acids is 4. The third kappa shape index (κ3) is 3.31. The van der Waals surface area contributed by atoms with Crippen molar-refractivity contribution in [1.29, 1.82) is 0 Å². The minimum Gasteiger partial charge on any atom is -0.465 e. The monoisotopic (exact) mass is 460 g/mol. The number of rotatable bonds is 4. The lowest BCUT2D eigenvalue weighted by atomic mass is 9.85. The smallest absolute Gasteiger partial charge is 0.339 e. The molecule has 0 N–H and O–H groups in total. The molecule has 0 heterocycles. The van der Waals surface area contributed by atoms with Gasteiger partial charge >= 0.3 is 23.9 Å². The van der Waals surface area contributed by atoms with Gasteiger partial charge in [-0.25, -0.2) is 19.2 Å². The lowest BCUT2D eigenvalue weighted by molar-refractivity contribution is 0.0524. The molecule has 4 aromatic carbocycles. The van der Waals surface area contributed by atoms with Crippen molar-refractivity contribution in [2.45, 2.75) is 0 Å². The van der Waals surface area contributed by atoms with E-state index in [9.17, 15) is 19.2 Å². The molecule has 172 valence electrons. The molecule has 0 aliphatic heterocycles. The summed E-state index contributed by atoms with van der Waals surface area (Å²) in [7, 11) is 4.50. The van der Waals surface area contributed by atoms with E-state index in [1.807, 2.05) is 30.3 Å². The Balaban J connectivity index is 2.39. The van der Waals surface area contributed by atoms with E-state index in [4.69, 9.17) is 18.9 Å². The van der Waals surface area contributed by atoms with Gasteiger partial charge in [-0.1, -0.05) is 48.5 Å². The molecule has 4 aromatic rings. The van der Waals surface area contributed by atoms with E-state index in [0.29, 0.717) is 5.39 Å². The molecule has 0 radical (unpaired) electrons. The van der Waals surface area contributed by atoms with Crippen molar-refractivity contribution < 1.29 is 38.1 Å². The van der Waals surface area contributed by atoms with Crippen molar-refractivity contribution in [1.82, 2.24) is 0 Å². The predicted molar refractivity (Wildman–Crippen MR) is 124 cm³/mol. The van der Waals surface area contributed by atoms with E-state index in [1.54, 1.807) is 18.2 Å². The molecule has 0 amide bonds. The van der Waals surface area contributed by atoms with Crippen LogP contribution in [0.4, 0.5) is 0 Å².